The fourth-order valence-electron chi connectivity index (χ4n) is 2.94. The standard InChI is InChI=1S/C22H21N3O5/c1-24(21(26)11-10-16-6-4-7-17(14-16)25(28)29)13-5-12-23-19-15-22(27)30-20-9-3-2-8-18(19)20/h2-4,6-11,14-15,23H,5,12-13H2,1H3/b11-10+. The van der Waals surface area contributed by atoms with E-state index in [1.54, 1.807) is 42.3 Å². The third-order valence-electron chi connectivity index (χ3n) is 4.51. The van der Waals surface area contributed by atoms with Crippen LogP contribution in [0.1, 0.15) is 12.0 Å². The van der Waals surface area contributed by atoms with Crippen molar-refractivity contribution >= 4 is 34.3 Å². The number of nitro groups is 1. The molecule has 30 heavy (non-hydrogen) atoms. The Morgan fingerprint density at radius 3 is 2.80 bits per heavy atom. The molecule has 154 valence electrons. The normalized spacial score (nSPS) is 11.0. The molecule has 3 aromatic rings. The number of hydrogen-bond acceptors (Lipinski definition) is 6. The van der Waals surface area contributed by atoms with Gasteiger partial charge in [0.2, 0.25) is 5.91 Å². The van der Waals surface area contributed by atoms with Crippen molar-refractivity contribution in [1.29, 1.82) is 0 Å². The van der Waals surface area contributed by atoms with E-state index in [4.69, 9.17) is 4.42 Å². The van der Waals surface area contributed by atoms with Crippen LogP contribution in [0.5, 0.6) is 0 Å². The minimum Gasteiger partial charge on any atom is -0.423 e. The molecule has 1 N–H and O–H groups in total. The van der Waals surface area contributed by atoms with E-state index in [0.29, 0.717) is 36.3 Å². The van der Waals surface area contributed by atoms with Gasteiger partial charge in [-0.2, -0.15) is 0 Å². The first-order valence-electron chi connectivity index (χ1n) is 9.38. The topological polar surface area (TPSA) is 106 Å². The molecular weight excluding hydrogens is 386 g/mol. The number of carbonyl (C=O) groups is 1. The highest BCUT2D eigenvalue weighted by Gasteiger charge is 2.08. The molecule has 0 atom stereocenters. The lowest BCUT2D eigenvalue weighted by atomic mass is 10.2. The molecule has 0 radical (unpaired) electrons. The Kier molecular flexibility index (Phi) is 6.59. The van der Waals surface area contributed by atoms with E-state index in [1.807, 2.05) is 12.1 Å². The number of amides is 1. The lowest BCUT2D eigenvalue weighted by molar-refractivity contribution is -0.384. The van der Waals surface area contributed by atoms with Crippen LogP contribution in [0.2, 0.25) is 0 Å². The van der Waals surface area contributed by atoms with Crippen LogP contribution in [-0.2, 0) is 4.79 Å². The summed E-state index contributed by atoms with van der Waals surface area (Å²) >= 11 is 0. The first kappa shape index (κ1) is 20.8. The SMILES string of the molecule is CN(CCCNc1cc(=O)oc2ccccc12)C(=O)/C=C/c1cccc([N+](=O)[O-])c1. The van der Waals surface area contributed by atoms with E-state index in [9.17, 15) is 19.7 Å². The van der Waals surface area contributed by atoms with Gasteiger partial charge in [-0.05, 0) is 30.2 Å². The molecule has 0 saturated carbocycles. The summed E-state index contributed by atoms with van der Waals surface area (Å²) in [7, 11) is 1.69. The molecular formula is C22H21N3O5. The summed E-state index contributed by atoms with van der Waals surface area (Å²) in [4.78, 5) is 35.8. The van der Waals surface area contributed by atoms with Crippen molar-refractivity contribution in [3.8, 4) is 0 Å². The maximum atomic E-state index is 12.2. The Bertz CT molecular complexity index is 1150. The van der Waals surface area contributed by atoms with E-state index in [-0.39, 0.29) is 11.6 Å². The van der Waals surface area contributed by atoms with Crippen molar-refractivity contribution in [3.63, 3.8) is 0 Å². The molecule has 0 bridgehead atoms. The number of carbonyl (C=O) groups excluding carboxylic acids is 1. The molecule has 1 amide bonds. The van der Waals surface area contributed by atoms with Crippen LogP contribution in [0.25, 0.3) is 17.0 Å². The molecule has 1 aromatic heterocycles. The van der Waals surface area contributed by atoms with Crippen LogP contribution in [0.3, 0.4) is 0 Å². The molecule has 0 fully saturated rings. The van der Waals surface area contributed by atoms with E-state index >= 15 is 0 Å². The van der Waals surface area contributed by atoms with Gasteiger partial charge in [0.15, 0.2) is 0 Å². The van der Waals surface area contributed by atoms with E-state index in [1.165, 1.54) is 24.3 Å². The Balaban J connectivity index is 1.52. The molecule has 8 heteroatoms. The van der Waals surface area contributed by atoms with Gasteiger partial charge in [0.1, 0.15) is 5.58 Å². The second-order valence-electron chi connectivity index (χ2n) is 6.70. The van der Waals surface area contributed by atoms with Gasteiger partial charge < -0.3 is 14.6 Å². The zero-order chi connectivity index (χ0) is 21.5. The lowest BCUT2D eigenvalue weighted by Crippen LogP contribution is -2.27. The van der Waals surface area contributed by atoms with Crippen LogP contribution < -0.4 is 10.9 Å². The van der Waals surface area contributed by atoms with Crippen molar-refractivity contribution < 1.29 is 14.1 Å². The number of nitrogens with zero attached hydrogens (tertiary/aromatic N) is 2. The maximum Gasteiger partial charge on any atom is 0.338 e. The van der Waals surface area contributed by atoms with Gasteiger partial charge in [0, 0.05) is 49.8 Å². The molecule has 0 aliphatic rings. The molecule has 0 aliphatic heterocycles. The van der Waals surface area contributed by atoms with E-state index < -0.39 is 10.5 Å². The summed E-state index contributed by atoms with van der Waals surface area (Å²) in [6, 6.07) is 14.8. The third kappa shape index (κ3) is 5.32. The quantitative estimate of drug-likeness (QED) is 0.201. The fraction of sp³-hybridized carbons (Fsp3) is 0.182. The number of hydrogen-bond donors (Lipinski definition) is 1. The summed E-state index contributed by atoms with van der Waals surface area (Å²) in [6.45, 7) is 1.07. The van der Waals surface area contributed by atoms with Crippen LogP contribution in [0.15, 0.2) is 69.9 Å². The number of likely N-dealkylation sites (N-methyl/N-ethyl adjacent to an activating group) is 1. The summed E-state index contributed by atoms with van der Waals surface area (Å²) in [5.41, 5.74) is 1.36. The first-order chi connectivity index (χ1) is 14.4. The zero-order valence-corrected chi connectivity index (χ0v) is 16.4. The summed E-state index contributed by atoms with van der Waals surface area (Å²) < 4.78 is 5.17. The Hall–Kier alpha value is -3.94. The van der Waals surface area contributed by atoms with Gasteiger partial charge in [-0.1, -0.05) is 24.3 Å². The Morgan fingerprint density at radius 2 is 2.00 bits per heavy atom. The van der Waals surface area contributed by atoms with Gasteiger partial charge in [0.25, 0.3) is 5.69 Å². The molecule has 2 aromatic carbocycles. The van der Waals surface area contributed by atoms with Gasteiger partial charge in [-0.15, -0.1) is 0 Å². The van der Waals surface area contributed by atoms with E-state index in [0.717, 1.165) is 5.39 Å². The first-order valence-corrected chi connectivity index (χ1v) is 9.38. The van der Waals surface area contributed by atoms with Gasteiger partial charge >= 0.3 is 5.63 Å². The predicted molar refractivity (Wildman–Crippen MR) is 115 cm³/mol. The molecule has 3 rings (SSSR count). The average Bonchev–Trinajstić information content (AvgIpc) is 2.74. The highest BCUT2D eigenvalue weighted by molar-refractivity contribution is 5.91. The largest absolute Gasteiger partial charge is 0.423 e. The molecule has 8 nitrogen and oxygen atoms in total. The Labute approximate surface area is 172 Å². The highest BCUT2D eigenvalue weighted by Crippen LogP contribution is 2.20. The van der Waals surface area contributed by atoms with Crippen molar-refractivity contribution in [2.45, 2.75) is 6.42 Å². The van der Waals surface area contributed by atoms with Crippen molar-refractivity contribution in [2.24, 2.45) is 0 Å². The van der Waals surface area contributed by atoms with Crippen LogP contribution in [-0.4, -0.2) is 35.9 Å². The maximum absolute atomic E-state index is 12.2. The number of benzene rings is 2. The lowest BCUT2D eigenvalue weighted by Gasteiger charge is -2.15. The summed E-state index contributed by atoms with van der Waals surface area (Å²) in [5, 5.41) is 14.9. The van der Waals surface area contributed by atoms with Crippen LogP contribution >= 0.6 is 0 Å². The second kappa shape index (κ2) is 9.51. The van der Waals surface area contributed by atoms with Gasteiger partial charge in [-0.3, -0.25) is 14.9 Å². The number of nitro benzene ring substituents is 1. The van der Waals surface area contributed by atoms with Crippen molar-refractivity contribution in [3.05, 3.63) is 86.8 Å². The minimum absolute atomic E-state index is 0.0218. The van der Waals surface area contributed by atoms with Crippen molar-refractivity contribution in [2.75, 3.05) is 25.5 Å². The number of anilines is 1. The number of nitrogens with one attached hydrogen (secondary N) is 1. The third-order valence-corrected chi connectivity index (χ3v) is 4.51. The summed E-state index contributed by atoms with van der Waals surface area (Å²) in [6.07, 6.45) is 3.61. The molecule has 0 saturated heterocycles. The van der Waals surface area contributed by atoms with Crippen molar-refractivity contribution in [1.82, 2.24) is 4.90 Å². The monoisotopic (exact) mass is 407 g/mol. The molecule has 1 heterocycles. The highest BCUT2D eigenvalue weighted by atomic mass is 16.6. The molecule has 0 aliphatic carbocycles. The number of para-hydroxylation sites is 1. The van der Waals surface area contributed by atoms with Crippen LogP contribution in [0.4, 0.5) is 11.4 Å². The smallest absolute Gasteiger partial charge is 0.338 e. The van der Waals surface area contributed by atoms with Gasteiger partial charge in [-0.25, -0.2) is 4.79 Å². The number of non-ortho nitro benzene ring substituents is 1. The minimum atomic E-state index is -0.474. The second-order valence-corrected chi connectivity index (χ2v) is 6.70. The fourth-order valence-corrected chi connectivity index (χ4v) is 2.94. The van der Waals surface area contributed by atoms with Gasteiger partial charge in [0.05, 0.1) is 10.6 Å². The Morgan fingerprint density at radius 1 is 1.20 bits per heavy atom. The van der Waals surface area contributed by atoms with Crippen LogP contribution in [0, 0.1) is 10.1 Å². The average molecular weight is 407 g/mol. The molecule has 0 unspecified atom stereocenters. The number of rotatable bonds is 8. The predicted octanol–water partition coefficient (Wildman–Crippen LogP) is 3.68. The number of fused-ring (bicyclic) bond motifs is 1. The molecule has 0 spiro atoms. The summed E-state index contributed by atoms with van der Waals surface area (Å²) in [5.74, 6) is -0.202. The van der Waals surface area contributed by atoms with E-state index in [2.05, 4.69) is 5.32 Å². The zero-order valence-electron chi connectivity index (χ0n) is 16.4.